The summed E-state index contributed by atoms with van der Waals surface area (Å²) in [5.41, 5.74) is 7.88. The highest BCUT2D eigenvalue weighted by atomic mass is 16.3. The molecular formula is C26H21N5O. The predicted octanol–water partition coefficient (Wildman–Crippen LogP) is 5.93. The number of nitroso groups, excluding NO2 is 1. The molecule has 0 saturated heterocycles. The maximum absolute atomic E-state index is 10.7. The van der Waals surface area contributed by atoms with E-state index >= 15 is 0 Å². The third-order valence-electron chi connectivity index (χ3n) is 6.38. The summed E-state index contributed by atoms with van der Waals surface area (Å²) in [5.74, 6) is 0.419. The van der Waals surface area contributed by atoms with Crippen molar-refractivity contribution >= 4 is 16.7 Å². The quantitative estimate of drug-likeness (QED) is 0.338. The molecule has 0 atom stereocenters. The van der Waals surface area contributed by atoms with E-state index in [1.54, 1.807) is 0 Å². The normalized spacial score (nSPS) is 18.0. The molecular weight excluding hydrogens is 398 g/mol. The fraction of sp³-hybridized carbons (Fsp3) is 0.192. The number of hydrogen-bond donors (Lipinski definition) is 0. The van der Waals surface area contributed by atoms with Crippen LogP contribution in [0.3, 0.4) is 0 Å². The molecule has 1 saturated carbocycles. The number of aryl methyl sites for hydroxylation is 1. The number of nitrogens with zero attached hydrogens (tertiary/aromatic N) is 5. The van der Waals surface area contributed by atoms with Crippen LogP contribution in [0.4, 0.5) is 0 Å². The van der Waals surface area contributed by atoms with Crippen LogP contribution in [0, 0.1) is 11.8 Å². The molecule has 6 nitrogen and oxygen atoms in total. The topological polar surface area (TPSA) is 72.5 Å². The summed E-state index contributed by atoms with van der Waals surface area (Å²) in [6.45, 7) is 1.96. The number of pyridine rings is 1. The largest absolute Gasteiger partial charge is 0.236 e. The molecule has 32 heavy (non-hydrogen) atoms. The lowest BCUT2D eigenvalue weighted by molar-refractivity contribution is 0.351. The fourth-order valence-corrected chi connectivity index (χ4v) is 4.57. The van der Waals surface area contributed by atoms with Gasteiger partial charge in [0.25, 0.3) is 0 Å². The van der Waals surface area contributed by atoms with Crippen LogP contribution < -0.4 is 0 Å². The zero-order valence-corrected chi connectivity index (χ0v) is 17.6. The maximum Gasteiger partial charge on any atom is 0.165 e. The van der Waals surface area contributed by atoms with Gasteiger partial charge in [-0.15, -0.1) is 0 Å². The Kier molecular flexibility index (Phi) is 4.31. The number of benzene rings is 2. The molecule has 0 N–H and O–H groups in total. The standard InChI is InChI=1S/C26H21N5O/c1-16-11-24-27-15-21-14-23(18-5-3-2-4-6-18)25(28-26(21)31(24)29-16)19-9-7-17(8-10-19)20-12-22(13-20)30-32/h2-11,14-15,20,22H,12-13H2,1H3. The van der Waals surface area contributed by atoms with E-state index in [0.717, 1.165) is 57.6 Å². The highest BCUT2D eigenvalue weighted by Gasteiger charge is 2.31. The second kappa shape index (κ2) is 7.34. The maximum atomic E-state index is 10.7. The van der Waals surface area contributed by atoms with Crippen molar-refractivity contribution in [2.24, 2.45) is 5.18 Å². The summed E-state index contributed by atoms with van der Waals surface area (Å²) in [4.78, 5) is 20.4. The Labute approximate surface area is 184 Å². The van der Waals surface area contributed by atoms with E-state index < -0.39 is 0 Å². The van der Waals surface area contributed by atoms with Gasteiger partial charge in [-0.3, -0.25) is 0 Å². The van der Waals surface area contributed by atoms with Crippen LogP contribution in [0.5, 0.6) is 0 Å². The van der Waals surface area contributed by atoms with Gasteiger partial charge in [-0.1, -0.05) is 59.8 Å². The van der Waals surface area contributed by atoms with Gasteiger partial charge >= 0.3 is 0 Å². The van der Waals surface area contributed by atoms with Gasteiger partial charge in [0.15, 0.2) is 11.3 Å². The minimum absolute atomic E-state index is 0.0277. The predicted molar refractivity (Wildman–Crippen MR) is 125 cm³/mol. The van der Waals surface area contributed by atoms with Gasteiger partial charge in [-0.05, 0) is 42.9 Å². The van der Waals surface area contributed by atoms with Gasteiger partial charge in [-0.2, -0.15) is 14.5 Å². The third-order valence-corrected chi connectivity index (χ3v) is 6.38. The molecule has 5 aromatic rings. The monoisotopic (exact) mass is 419 g/mol. The highest BCUT2D eigenvalue weighted by Crippen LogP contribution is 2.40. The van der Waals surface area contributed by atoms with Gasteiger partial charge < -0.3 is 0 Å². The third kappa shape index (κ3) is 3.07. The molecule has 3 heterocycles. The summed E-state index contributed by atoms with van der Waals surface area (Å²) in [6.07, 6.45) is 3.55. The van der Waals surface area contributed by atoms with E-state index in [2.05, 4.69) is 57.7 Å². The molecule has 0 radical (unpaired) electrons. The molecule has 6 heteroatoms. The lowest BCUT2D eigenvalue weighted by Crippen LogP contribution is -2.24. The average molecular weight is 419 g/mol. The summed E-state index contributed by atoms with van der Waals surface area (Å²) in [7, 11) is 0. The van der Waals surface area contributed by atoms with Crippen molar-refractivity contribution in [3.8, 4) is 22.4 Å². The number of fused-ring (bicyclic) bond motifs is 3. The summed E-state index contributed by atoms with van der Waals surface area (Å²) in [6, 6.07) is 23.0. The van der Waals surface area contributed by atoms with Crippen LogP contribution in [0.2, 0.25) is 0 Å². The van der Waals surface area contributed by atoms with E-state index in [0.29, 0.717) is 5.92 Å². The van der Waals surface area contributed by atoms with E-state index in [9.17, 15) is 4.91 Å². The van der Waals surface area contributed by atoms with Crippen molar-refractivity contribution < 1.29 is 0 Å². The molecule has 0 bridgehead atoms. The van der Waals surface area contributed by atoms with Crippen molar-refractivity contribution in [1.82, 2.24) is 19.6 Å². The first-order valence-corrected chi connectivity index (χ1v) is 10.8. The summed E-state index contributed by atoms with van der Waals surface area (Å²) < 4.78 is 1.82. The van der Waals surface area contributed by atoms with E-state index in [4.69, 9.17) is 4.98 Å². The van der Waals surface area contributed by atoms with Crippen LogP contribution in [-0.2, 0) is 0 Å². The van der Waals surface area contributed by atoms with Crippen molar-refractivity contribution in [2.75, 3.05) is 0 Å². The van der Waals surface area contributed by atoms with Crippen LogP contribution >= 0.6 is 0 Å². The van der Waals surface area contributed by atoms with Crippen molar-refractivity contribution in [2.45, 2.75) is 31.7 Å². The van der Waals surface area contributed by atoms with Gasteiger partial charge in [0.1, 0.15) is 0 Å². The zero-order valence-electron chi connectivity index (χ0n) is 17.6. The molecule has 0 amide bonds. The molecule has 1 fully saturated rings. The van der Waals surface area contributed by atoms with Crippen molar-refractivity contribution in [3.63, 3.8) is 0 Å². The molecule has 3 aromatic heterocycles. The van der Waals surface area contributed by atoms with Gasteiger partial charge in [0, 0.05) is 28.8 Å². The van der Waals surface area contributed by atoms with Crippen LogP contribution in [0.25, 0.3) is 39.1 Å². The Morgan fingerprint density at radius 3 is 2.50 bits per heavy atom. The van der Waals surface area contributed by atoms with Crippen LogP contribution in [0.15, 0.2) is 78.1 Å². The molecule has 0 spiro atoms. The molecule has 6 rings (SSSR count). The second-order valence-corrected chi connectivity index (χ2v) is 8.53. The van der Waals surface area contributed by atoms with E-state index in [1.807, 2.05) is 41.9 Å². The summed E-state index contributed by atoms with van der Waals surface area (Å²) >= 11 is 0. The molecule has 1 aliphatic carbocycles. The number of rotatable bonds is 4. The Hall–Kier alpha value is -3.93. The number of hydrogen-bond acceptors (Lipinski definition) is 5. The molecule has 0 aliphatic heterocycles. The van der Waals surface area contributed by atoms with Gasteiger partial charge in [0.2, 0.25) is 0 Å². The highest BCUT2D eigenvalue weighted by molar-refractivity contribution is 5.90. The first-order valence-electron chi connectivity index (χ1n) is 10.8. The smallest absolute Gasteiger partial charge is 0.165 e. The first-order chi connectivity index (χ1) is 15.7. The first kappa shape index (κ1) is 18.8. The molecule has 0 unspecified atom stereocenters. The minimum atomic E-state index is -0.0277. The lowest BCUT2D eigenvalue weighted by Gasteiger charge is -2.30. The summed E-state index contributed by atoms with van der Waals surface area (Å²) in [5, 5.41) is 8.71. The molecule has 1 aliphatic rings. The lowest BCUT2D eigenvalue weighted by atomic mass is 9.76. The van der Waals surface area contributed by atoms with Gasteiger partial charge in [0.05, 0.1) is 17.4 Å². The number of aromatic nitrogens is 4. The Morgan fingerprint density at radius 1 is 0.969 bits per heavy atom. The Morgan fingerprint density at radius 2 is 1.75 bits per heavy atom. The van der Waals surface area contributed by atoms with E-state index in [-0.39, 0.29) is 6.04 Å². The fourth-order valence-electron chi connectivity index (χ4n) is 4.57. The molecule has 156 valence electrons. The van der Waals surface area contributed by atoms with Gasteiger partial charge in [-0.25, -0.2) is 9.97 Å². The minimum Gasteiger partial charge on any atom is -0.236 e. The Bertz CT molecular complexity index is 1450. The second-order valence-electron chi connectivity index (χ2n) is 8.53. The van der Waals surface area contributed by atoms with Crippen LogP contribution in [0.1, 0.15) is 30.0 Å². The van der Waals surface area contributed by atoms with Crippen molar-refractivity contribution in [3.05, 3.63) is 89.1 Å². The van der Waals surface area contributed by atoms with E-state index in [1.165, 1.54) is 5.56 Å². The average Bonchev–Trinajstić information content (AvgIpc) is 3.19. The van der Waals surface area contributed by atoms with Crippen molar-refractivity contribution in [1.29, 1.82) is 0 Å². The Balaban J connectivity index is 1.52. The SMILES string of the molecule is Cc1cc2ncc3cc(-c4ccccc4)c(-c4ccc(C5CC(N=O)C5)cc4)nc3n2n1. The van der Waals surface area contributed by atoms with Crippen LogP contribution in [-0.4, -0.2) is 25.6 Å². The zero-order chi connectivity index (χ0) is 21.7. The molecule has 2 aromatic carbocycles.